The highest BCUT2D eigenvalue weighted by atomic mass is 16.5. The molecular weight excluding hydrogens is 226 g/mol. The number of aliphatic hydroxyl groups is 1. The molecule has 0 aromatic rings. The molecular formula is C15H29NO2. The second kappa shape index (κ2) is 5.48. The van der Waals surface area contributed by atoms with Gasteiger partial charge in [-0.05, 0) is 58.9 Å². The highest BCUT2D eigenvalue weighted by Crippen LogP contribution is 2.38. The van der Waals surface area contributed by atoms with Gasteiger partial charge in [-0.25, -0.2) is 0 Å². The van der Waals surface area contributed by atoms with Crippen molar-refractivity contribution < 1.29 is 9.84 Å². The van der Waals surface area contributed by atoms with Crippen LogP contribution in [0.15, 0.2) is 0 Å². The molecule has 0 radical (unpaired) electrons. The smallest absolute Gasteiger partial charge is 0.0673 e. The van der Waals surface area contributed by atoms with Crippen molar-refractivity contribution >= 4 is 0 Å². The average molecular weight is 255 g/mol. The van der Waals surface area contributed by atoms with E-state index in [0.29, 0.717) is 6.04 Å². The fourth-order valence-corrected chi connectivity index (χ4v) is 3.50. The first kappa shape index (κ1) is 14.3. The maximum atomic E-state index is 10.7. The third kappa shape index (κ3) is 3.69. The van der Waals surface area contributed by atoms with E-state index in [4.69, 9.17) is 4.74 Å². The molecule has 106 valence electrons. The van der Waals surface area contributed by atoms with Crippen LogP contribution in [0.4, 0.5) is 0 Å². The Morgan fingerprint density at radius 2 is 1.83 bits per heavy atom. The molecule has 3 nitrogen and oxygen atoms in total. The van der Waals surface area contributed by atoms with Gasteiger partial charge in [0.15, 0.2) is 0 Å². The van der Waals surface area contributed by atoms with Gasteiger partial charge in [0.25, 0.3) is 0 Å². The summed E-state index contributed by atoms with van der Waals surface area (Å²) in [5, 5.41) is 14.2. The van der Waals surface area contributed by atoms with Crippen LogP contribution in [0.2, 0.25) is 0 Å². The molecule has 0 amide bonds. The Kier molecular flexibility index (Phi) is 4.35. The molecule has 2 N–H and O–H groups in total. The second-order valence-electron chi connectivity index (χ2n) is 6.80. The number of ether oxygens (including phenoxy) is 1. The standard InChI is InChI=1S/C15H29NO2/c1-4-16-12-5-9-15(17,10-6-12)11-13-7-8-14(2,3)18-13/h12-13,16-17H,4-11H2,1-3H3. The lowest BCUT2D eigenvalue weighted by Gasteiger charge is -2.38. The van der Waals surface area contributed by atoms with Crippen molar-refractivity contribution in [2.24, 2.45) is 0 Å². The zero-order chi connectivity index (χ0) is 13.2. The molecule has 1 aliphatic heterocycles. The first-order valence-corrected chi connectivity index (χ1v) is 7.56. The number of hydrogen-bond donors (Lipinski definition) is 2. The van der Waals surface area contributed by atoms with Gasteiger partial charge in [-0.2, -0.15) is 0 Å². The van der Waals surface area contributed by atoms with E-state index in [1.54, 1.807) is 0 Å². The van der Waals surface area contributed by atoms with Gasteiger partial charge in [-0.3, -0.25) is 0 Å². The number of rotatable bonds is 4. The van der Waals surface area contributed by atoms with Crippen LogP contribution in [0, 0.1) is 0 Å². The van der Waals surface area contributed by atoms with Crippen molar-refractivity contribution in [3.8, 4) is 0 Å². The molecule has 2 fully saturated rings. The third-order valence-corrected chi connectivity index (χ3v) is 4.57. The molecule has 1 heterocycles. The van der Waals surface area contributed by atoms with Crippen LogP contribution in [0.1, 0.15) is 65.7 Å². The molecule has 18 heavy (non-hydrogen) atoms. The first-order chi connectivity index (χ1) is 8.42. The zero-order valence-electron chi connectivity index (χ0n) is 12.2. The summed E-state index contributed by atoms with van der Waals surface area (Å²) in [6, 6.07) is 0.608. The zero-order valence-corrected chi connectivity index (χ0v) is 12.2. The van der Waals surface area contributed by atoms with Gasteiger partial charge in [-0.1, -0.05) is 6.92 Å². The Morgan fingerprint density at radius 3 is 2.33 bits per heavy atom. The molecule has 1 unspecified atom stereocenters. The van der Waals surface area contributed by atoms with Crippen LogP contribution < -0.4 is 5.32 Å². The molecule has 1 atom stereocenters. The predicted octanol–water partition coefficient (Wildman–Crippen LogP) is 2.62. The lowest BCUT2D eigenvalue weighted by Crippen LogP contribution is -2.43. The summed E-state index contributed by atoms with van der Waals surface area (Å²) < 4.78 is 6.02. The Hall–Kier alpha value is -0.120. The quantitative estimate of drug-likeness (QED) is 0.811. The van der Waals surface area contributed by atoms with E-state index in [0.717, 1.165) is 51.5 Å². The van der Waals surface area contributed by atoms with Crippen LogP contribution >= 0.6 is 0 Å². The van der Waals surface area contributed by atoms with Gasteiger partial charge >= 0.3 is 0 Å². The minimum atomic E-state index is -0.475. The fourth-order valence-electron chi connectivity index (χ4n) is 3.50. The minimum absolute atomic E-state index is 0.0159. The molecule has 0 aromatic heterocycles. The molecule has 1 saturated heterocycles. The van der Waals surface area contributed by atoms with Crippen LogP contribution in [0.3, 0.4) is 0 Å². The lowest BCUT2D eigenvalue weighted by molar-refractivity contribution is -0.0792. The number of hydrogen-bond acceptors (Lipinski definition) is 3. The monoisotopic (exact) mass is 255 g/mol. The molecule has 1 aliphatic carbocycles. The van der Waals surface area contributed by atoms with Gasteiger partial charge in [0, 0.05) is 12.5 Å². The van der Waals surface area contributed by atoms with Crippen molar-refractivity contribution in [2.75, 3.05) is 6.54 Å². The van der Waals surface area contributed by atoms with Gasteiger partial charge < -0.3 is 15.2 Å². The third-order valence-electron chi connectivity index (χ3n) is 4.57. The Bertz CT molecular complexity index is 270. The minimum Gasteiger partial charge on any atom is -0.390 e. The highest BCUT2D eigenvalue weighted by Gasteiger charge is 2.39. The topological polar surface area (TPSA) is 41.5 Å². The van der Waals surface area contributed by atoms with Crippen molar-refractivity contribution in [1.29, 1.82) is 0 Å². The Balaban J connectivity index is 1.79. The van der Waals surface area contributed by atoms with E-state index >= 15 is 0 Å². The van der Waals surface area contributed by atoms with Crippen molar-refractivity contribution in [3.63, 3.8) is 0 Å². The highest BCUT2D eigenvalue weighted by molar-refractivity contribution is 4.92. The maximum Gasteiger partial charge on any atom is 0.0673 e. The van der Waals surface area contributed by atoms with Crippen molar-refractivity contribution in [2.45, 2.75) is 89.1 Å². The van der Waals surface area contributed by atoms with E-state index in [9.17, 15) is 5.11 Å². The average Bonchev–Trinajstić information content (AvgIpc) is 2.62. The summed E-state index contributed by atoms with van der Waals surface area (Å²) in [7, 11) is 0. The van der Waals surface area contributed by atoms with E-state index in [1.807, 2.05) is 0 Å². The Labute approximate surface area is 111 Å². The summed E-state index contributed by atoms with van der Waals surface area (Å²) in [4.78, 5) is 0. The van der Waals surface area contributed by atoms with E-state index in [2.05, 4.69) is 26.1 Å². The predicted molar refractivity (Wildman–Crippen MR) is 73.7 cm³/mol. The SMILES string of the molecule is CCNC1CCC(O)(CC2CCC(C)(C)O2)CC1. The first-order valence-electron chi connectivity index (χ1n) is 7.56. The van der Waals surface area contributed by atoms with Gasteiger partial charge in [0.05, 0.1) is 17.3 Å². The van der Waals surface area contributed by atoms with Crippen LogP contribution in [0.5, 0.6) is 0 Å². The Morgan fingerprint density at radius 1 is 1.17 bits per heavy atom. The summed E-state index contributed by atoms with van der Waals surface area (Å²) >= 11 is 0. The molecule has 2 rings (SSSR count). The van der Waals surface area contributed by atoms with Gasteiger partial charge in [0.1, 0.15) is 0 Å². The van der Waals surface area contributed by atoms with Crippen molar-refractivity contribution in [1.82, 2.24) is 5.32 Å². The molecule has 2 aliphatic rings. The molecule has 1 saturated carbocycles. The van der Waals surface area contributed by atoms with E-state index in [1.165, 1.54) is 0 Å². The van der Waals surface area contributed by atoms with E-state index in [-0.39, 0.29) is 11.7 Å². The molecule has 3 heteroatoms. The van der Waals surface area contributed by atoms with Crippen molar-refractivity contribution in [3.05, 3.63) is 0 Å². The molecule has 0 bridgehead atoms. The van der Waals surface area contributed by atoms with Crippen LogP contribution in [0.25, 0.3) is 0 Å². The summed E-state index contributed by atoms with van der Waals surface area (Å²) in [5.41, 5.74) is -0.459. The lowest BCUT2D eigenvalue weighted by atomic mass is 9.78. The molecule has 0 aromatic carbocycles. The van der Waals surface area contributed by atoms with Gasteiger partial charge in [0.2, 0.25) is 0 Å². The van der Waals surface area contributed by atoms with Crippen LogP contribution in [-0.2, 0) is 4.74 Å². The largest absolute Gasteiger partial charge is 0.390 e. The number of nitrogens with one attached hydrogen (secondary N) is 1. The van der Waals surface area contributed by atoms with Gasteiger partial charge in [-0.15, -0.1) is 0 Å². The summed E-state index contributed by atoms with van der Waals surface area (Å²) in [5.74, 6) is 0. The summed E-state index contributed by atoms with van der Waals surface area (Å²) in [6.07, 6.45) is 7.35. The normalized spacial score (nSPS) is 40.0. The molecule has 0 spiro atoms. The van der Waals surface area contributed by atoms with E-state index < -0.39 is 5.60 Å². The maximum absolute atomic E-state index is 10.7. The fraction of sp³-hybridized carbons (Fsp3) is 1.00. The summed E-state index contributed by atoms with van der Waals surface area (Å²) in [6.45, 7) is 7.48. The second-order valence-corrected chi connectivity index (χ2v) is 6.80. The van der Waals surface area contributed by atoms with Crippen LogP contribution in [-0.4, -0.2) is 35.0 Å².